The summed E-state index contributed by atoms with van der Waals surface area (Å²) in [6.07, 6.45) is 3.08. The molecular formula is C11H19NO3. The van der Waals surface area contributed by atoms with E-state index in [9.17, 15) is 4.79 Å². The fourth-order valence-corrected chi connectivity index (χ4v) is 1.96. The van der Waals surface area contributed by atoms with Gasteiger partial charge in [-0.3, -0.25) is 0 Å². The van der Waals surface area contributed by atoms with Crippen LogP contribution in [0.15, 0.2) is 0 Å². The summed E-state index contributed by atoms with van der Waals surface area (Å²) in [6, 6.07) is 0. The minimum Gasteiger partial charge on any atom is -0.444 e. The van der Waals surface area contributed by atoms with Gasteiger partial charge >= 0.3 is 6.09 Å². The van der Waals surface area contributed by atoms with E-state index < -0.39 is 5.60 Å². The maximum Gasteiger partial charge on any atom is 0.408 e. The molecule has 15 heavy (non-hydrogen) atoms. The molecule has 1 amide bonds. The fraction of sp³-hybridized carbons (Fsp3) is 0.909. The van der Waals surface area contributed by atoms with Crippen LogP contribution in [0.2, 0.25) is 0 Å². The molecule has 1 atom stereocenters. The van der Waals surface area contributed by atoms with E-state index in [1.165, 1.54) is 0 Å². The first-order valence-corrected chi connectivity index (χ1v) is 5.54. The molecular weight excluding hydrogens is 194 g/mol. The maximum absolute atomic E-state index is 11.6. The molecule has 1 saturated carbocycles. The molecule has 2 rings (SSSR count). The summed E-state index contributed by atoms with van der Waals surface area (Å²) in [7, 11) is 0. The lowest BCUT2D eigenvalue weighted by molar-refractivity contribution is 0.0336. The van der Waals surface area contributed by atoms with Crippen molar-refractivity contribution in [3.63, 3.8) is 0 Å². The minimum atomic E-state index is -0.431. The molecule has 0 aromatic rings. The number of nitrogens with one attached hydrogen (secondary N) is 1. The zero-order valence-corrected chi connectivity index (χ0v) is 9.63. The van der Waals surface area contributed by atoms with Crippen LogP contribution in [-0.2, 0) is 9.47 Å². The number of carbonyl (C=O) groups excluding carboxylic acids is 1. The van der Waals surface area contributed by atoms with Crippen LogP contribution in [0.3, 0.4) is 0 Å². The number of amides is 1. The summed E-state index contributed by atoms with van der Waals surface area (Å²) in [5.74, 6) is 0. The van der Waals surface area contributed by atoms with Crippen LogP contribution < -0.4 is 5.32 Å². The van der Waals surface area contributed by atoms with Crippen LogP contribution in [0.1, 0.15) is 40.0 Å². The van der Waals surface area contributed by atoms with Gasteiger partial charge in [0, 0.05) is 0 Å². The third-order valence-corrected chi connectivity index (χ3v) is 2.95. The molecule has 4 heteroatoms. The second kappa shape index (κ2) is 3.37. The Balaban J connectivity index is 1.87. The molecule has 1 aliphatic carbocycles. The Labute approximate surface area is 90.3 Å². The highest BCUT2D eigenvalue weighted by Crippen LogP contribution is 2.41. The van der Waals surface area contributed by atoms with E-state index in [2.05, 4.69) is 5.32 Å². The van der Waals surface area contributed by atoms with Crippen molar-refractivity contribution < 1.29 is 14.3 Å². The van der Waals surface area contributed by atoms with Gasteiger partial charge in [0.15, 0.2) is 0 Å². The van der Waals surface area contributed by atoms with Crippen LogP contribution in [0.4, 0.5) is 4.79 Å². The quantitative estimate of drug-likeness (QED) is 0.712. The Bertz CT molecular complexity index is 261. The third-order valence-electron chi connectivity index (χ3n) is 2.95. The second-order valence-electron chi connectivity index (χ2n) is 5.46. The SMILES string of the molecule is CC(C)(C)OC(=O)NC1([C@@H]2CO2)CCC1. The van der Waals surface area contributed by atoms with E-state index in [1.807, 2.05) is 20.8 Å². The fourth-order valence-electron chi connectivity index (χ4n) is 1.96. The summed E-state index contributed by atoms with van der Waals surface area (Å²) in [4.78, 5) is 11.6. The van der Waals surface area contributed by atoms with Crippen LogP contribution in [0.5, 0.6) is 0 Å². The smallest absolute Gasteiger partial charge is 0.408 e. The lowest BCUT2D eigenvalue weighted by Crippen LogP contribution is -2.58. The van der Waals surface area contributed by atoms with E-state index in [-0.39, 0.29) is 17.7 Å². The molecule has 1 heterocycles. The lowest BCUT2D eigenvalue weighted by Gasteiger charge is -2.41. The van der Waals surface area contributed by atoms with Crippen LogP contribution in [-0.4, -0.2) is 29.9 Å². The number of hydrogen-bond acceptors (Lipinski definition) is 3. The summed E-state index contributed by atoms with van der Waals surface area (Å²) in [5, 5.41) is 2.96. The lowest BCUT2D eigenvalue weighted by atomic mass is 9.74. The van der Waals surface area contributed by atoms with Gasteiger partial charge in [-0.1, -0.05) is 0 Å². The predicted octanol–water partition coefficient (Wildman–Crippen LogP) is 1.83. The van der Waals surface area contributed by atoms with Crippen molar-refractivity contribution >= 4 is 6.09 Å². The Morgan fingerprint density at radius 3 is 2.40 bits per heavy atom. The first-order valence-electron chi connectivity index (χ1n) is 5.54. The molecule has 0 bridgehead atoms. The number of rotatable bonds is 2. The zero-order chi connectivity index (χ0) is 11.1. The summed E-state index contributed by atoms with van der Waals surface area (Å²) in [6.45, 7) is 6.38. The number of ether oxygens (including phenoxy) is 2. The molecule has 0 aromatic carbocycles. The highest BCUT2D eigenvalue weighted by Gasteiger charge is 2.52. The first kappa shape index (κ1) is 10.7. The Morgan fingerprint density at radius 1 is 1.47 bits per heavy atom. The molecule has 1 N–H and O–H groups in total. The highest BCUT2D eigenvalue weighted by molar-refractivity contribution is 5.69. The van der Waals surface area contributed by atoms with Gasteiger partial charge in [-0.15, -0.1) is 0 Å². The molecule has 0 spiro atoms. The van der Waals surface area contributed by atoms with Gasteiger partial charge in [-0.25, -0.2) is 4.79 Å². The van der Waals surface area contributed by atoms with E-state index in [0.29, 0.717) is 0 Å². The van der Waals surface area contributed by atoms with Crippen molar-refractivity contribution in [2.75, 3.05) is 6.61 Å². The third kappa shape index (κ3) is 2.43. The van der Waals surface area contributed by atoms with Crippen molar-refractivity contribution in [2.24, 2.45) is 0 Å². The molecule has 0 aromatic heterocycles. The molecule has 1 saturated heterocycles. The van der Waals surface area contributed by atoms with E-state index >= 15 is 0 Å². The van der Waals surface area contributed by atoms with E-state index in [1.54, 1.807) is 0 Å². The standard InChI is InChI=1S/C11H19NO3/c1-10(2,3)15-9(13)12-11(5-4-6-11)8-7-14-8/h8H,4-7H2,1-3H3,(H,12,13)/t8-/m0/s1. The van der Waals surface area contributed by atoms with Gasteiger partial charge in [0.2, 0.25) is 0 Å². The van der Waals surface area contributed by atoms with Gasteiger partial charge in [-0.2, -0.15) is 0 Å². The Kier molecular flexibility index (Phi) is 2.41. The maximum atomic E-state index is 11.6. The minimum absolute atomic E-state index is 0.123. The van der Waals surface area contributed by atoms with Gasteiger partial charge < -0.3 is 14.8 Å². The average Bonchev–Trinajstić information content (AvgIpc) is 2.75. The number of alkyl carbamates (subject to hydrolysis) is 1. The average molecular weight is 213 g/mol. The van der Waals surface area contributed by atoms with Crippen molar-refractivity contribution in [1.29, 1.82) is 0 Å². The van der Waals surface area contributed by atoms with Crippen molar-refractivity contribution in [3.05, 3.63) is 0 Å². The number of epoxide rings is 1. The van der Waals surface area contributed by atoms with E-state index in [0.717, 1.165) is 25.9 Å². The monoisotopic (exact) mass is 213 g/mol. The largest absolute Gasteiger partial charge is 0.444 e. The zero-order valence-electron chi connectivity index (χ0n) is 9.63. The topological polar surface area (TPSA) is 50.9 Å². The van der Waals surface area contributed by atoms with Gasteiger partial charge in [0.25, 0.3) is 0 Å². The first-order chi connectivity index (χ1) is 6.91. The molecule has 0 radical (unpaired) electrons. The molecule has 2 fully saturated rings. The molecule has 86 valence electrons. The summed E-state index contributed by atoms with van der Waals surface area (Å²) >= 11 is 0. The van der Waals surface area contributed by atoms with Gasteiger partial charge in [-0.05, 0) is 40.0 Å². The summed E-state index contributed by atoms with van der Waals surface area (Å²) < 4.78 is 10.5. The molecule has 0 unspecified atom stereocenters. The number of hydrogen-bond donors (Lipinski definition) is 1. The molecule has 4 nitrogen and oxygen atoms in total. The van der Waals surface area contributed by atoms with Crippen molar-refractivity contribution in [1.82, 2.24) is 5.32 Å². The van der Waals surface area contributed by atoms with Gasteiger partial charge in [0.05, 0.1) is 12.1 Å². The van der Waals surface area contributed by atoms with Crippen molar-refractivity contribution in [2.45, 2.75) is 57.3 Å². The highest BCUT2D eigenvalue weighted by atomic mass is 16.6. The molecule has 1 aliphatic heterocycles. The van der Waals surface area contributed by atoms with Crippen LogP contribution in [0.25, 0.3) is 0 Å². The van der Waals surface area contributed by atoms with Crippen LogP contribution in [0, 0.1) is 0 Å². The van der Waals surface area contributed by atoms with Gasteiger partial charge in [0.1, 0.15) is 11.7 Å². The Hall–Kier alpha value is -0.770. The number of carbonyl (C=O) groups is 1. The second-order valence-corrected chi connectivity index (χ2v) is 5.46. The van der Waals surface area contributed by atoms with Crippen molar-refractivity contribution in [3.8, 4) is 0 Å². The predicted molar refractivity (Wildman–Crippen MR) is 55.7 cm³/mol. The normalized spacial score (nSPS) is 27.8. The summed E-state index contributed by atoms with van der Waals surface area (Å²) in [5.41, 5.74) is -0.554. The van der Waals surface area contributed by atoms with Crippen LogP contribution >= 0.6 is 0 Å². The van der Waals surface area contributed by atoms with E-state index in [4.69, 9.17) is 9.47 Å². The Morgan fingerprint density at radius 2 is 2.07 bits per heavy atom. The molecule has 2 aliphatic rings.